The van der Waals surface area contributed by atoms with E-state index in [-0.39, 0.29) is 12.6 Å². The molecule has 0 saturated heterocycles. The lowest BCUT2D eigenvalue weighted by atomic mass is 10.3. The predicted octanol–water partition coefficient (Wildman–Crippen LogP) is 0.858. The highest BCUT2D eigenvalue weighted by Crippen LogP contribution is 2.11. The molecular weight excluding hydrogens is 218 g/mol. The van der Waals surface area contributed by atoms with Gasteiger partial charge in [0, 0.05) is 13.2 Å². The van der Waals surface area contributed by atoms with Crippen LogP contribution in [0.2, 0.25) is 5.15 Å². The number of hydrogen-bond donors (Lipinski definition) is 2. The number of aliphatic hydroxyl groups is 1. The largest absolute Gasteiger partial charge is 0.394 e. The Morgan fingerprint density at radius 3 is 2.87 bits per heavy atom. The smallest absolute Gasteiger partial charge is 0.134 e. The molecular formula is C9H14ClN3O2. The van der Waals surface area contributed by atoms with Gasteiger partial charge in [-0.05, 0) is 6.92 Å². The first kappa shape index (κ1) is 12.2. The fourth-order valence-electron chi connectivity index (χ4n) is 1.16. The average Bonchev–Trinajstić information content (AvgIpc) is 2.15. The van der Waals surface area contributed by atoms with Gasteiger partial charge in [0.25, 0.3) is 0 Å². The number of nitrogens with one attached hydrogen (secondary N) is 1. The summed E-state index contributed by atoms with van der Waals surface area (Å²) in [5, 5.41) is 12.4. The third-order valence-electron chi connectivity index (χ3n) is 1.75. The fraction of sp³-hybridized carbons (Fsp3) is 0.556. The molecule has 0 aliphatic carbocycles. The number of hydrogen-bond acceptors (Lipinski definition) is 5. The minimum atomic E-state index is -0.194. The summed E-state index contributed by atoms with van der Waals surface area (Å²) < 4.78 is 4.93. The molecule has 0 fully saturated rings. The first-order valence-corrected chi connectivity index (χ1v) is 4.91. The highest BCUT2D eigenvalue weighted by molar-refractivity contribution is 6.29. The molecule has 1 atom stereocenters. The fourth-order valence-corrected chi connectivity index (χ4v) is 1.38. The van der Waals surface area contributed by atoms with Crippen LogP contribution in [0.25, 0.3) is 0 Å². The van der Waals surface area contributed by atoms with Crippen molar-refractivity contribution >= 4 is 17.4 Å². The molecule has 0 spiro atoms. The Labute approximate surface area is 93.5 Å². The normalized spacial score (nSPS) is 12.5. The van der Waals surface area contributed by atoms with E-state index in [2.05, 4.69) is 15.3 Å². The van der Waals surface area contributed by atoms with Crippen molar-refractivity contribution < 1.29 is 9.84 Å². The first-order chi connectivity index (χ1) is 7.15. The number of nitrogens with zero attached hydrogens (tertiary/aromatic N) is 2. The maximum absolute atomic E-state index is 9.04. The van der Waals surface area contributed by atoms with Gasteiger partial charge in [-0.25, -0.2) is 9.97 Å². The molecule has 1 rings (SSSR count). The molecule has 84 valence electrons. The Bertz CT molecular complexity index is 302. The molecule has 0 saturated carbocycles. The van der Waals surface area contributed by atoms with E-state index in [0.717, 1.165) is 0 Å². The van der Waals surface area contributed by atoms with Crippen LogP contribution in [0, 0.1) is 6.92 Å². The molecule has 0 radical (unpaired) electrons. The zero-order valence-electron chi connectivity index (χ0n) is 8.70. The lowest BCUT2D eigenvalue weighted by Crippen LogP contribution is -2.29. The number of aryl methyl sites for hydroxylation is 1. The summed E-state index contributed by atoms with van der Waals surface area (Å²) in [5.74, 6) is 1.17. The minimum absolute atomic E-state index is 0.0332. The molecule has 0 aromatic carbocycles. The first-order valence-electron chi connectivity index (χ1n) is 4.53. The van der Waals surface area contributed by atoms with Crippen LogP contribution in [0.3, 0.4) is 0 Å². The highest BCUT2D eigenvalue weighted by Gasteiger charge is 2.08. The van der Waals surface area contributed by atoms with Crippen LogP contribution in [-0.4, -0.2) is 41.4 Å². The number of aliphatic hydroxyl groups excluding tert-OH is 1. The van der Waals surface area contributed by atoms with Gasteiger partial charge in [-0.15, -0.1) is 0 Å². The van der Waals surface area contributed by atoms with Crippen molar-refractivity contribution in [1.82, 2.24) is 9.97 Å². The van der Waals surface area contributed by atoms with E-state index in [0.29, 0.717) is 23.4 Å². The lowest BCUT2D eigenvalue weighted by Gasteiger charge is -2.15. The number of anilines is 1. The molecule has 0 aliphatic heterocycles. The molecule has 6 heteroatoms. The minimum Gasteiger partial charge on any atom is -0.394 e. The molecule has 1 aromatic rings. The van der Waals surface area contributed by atoms with Gasteiger partial charge in [-0.3, -0.25) is 0 Å². The van der Waals surface area contributed by atoms with Crippen LogP contribution in [0.15, 0.2) is 6.07 Å². The zero-order valence-corrected chi connectivity index (χ0v) is 9.45. The van der Waals surface area contributed by atoms with Gasteiger partial charge in [0.2, 0.25) is 0 Å². The summed E-state index contributed by atoms with van der Waals surface area (Å²) in [6, 6.07) is 1.41. The Hall–Kier alpha value is -0.910. The van der Waals surface area contributed by atoms with Gasteiger partial charge >= 0.3 is 0 Å². The molecule has 5 nitrogen and oxygen atoms in total. The average molecular weight is 232 g/mol. The van der Waals surface area contributed by atoms with Gasteiger partial charge in [-0.1, -0.05) is 11.6 Å². The van der Waals surface area contributed by atoms with Gasteiger partial charge in [0.15, 0.2) is 0 Å². The van der Waals surface area contributed by atoms with Gasteiger partial charge in [-0.2, -0.15) is 0 Å². The van der Waals surface area contributed by atoms with Crippen molar-refractivity contribution in [2.45, 2.75) is 13.0 Å². The topological polar surface area (TPSA) is 67.3 Å². The number of halogens is 1. The van der Waals surface area contributed by atoms with Gasteiger partial charge in [0.05, 0.1) is 19.3 Å². The molecule has 15 heavy (non-hydrogen) atoms. The van der Waals surface area contributed by atoms with Gasteiger partial charge < -0.3 is 15.2 Å². The summed E-state index contributed by atoms with van der Waals surface area (Å²) in [4.78, 5) is 8.06. The summed E-state index contributed by atoms with van der Waals surface area (Å²) in [6.45, 7) is 2.12. The summed E-state index contributed by atoms with van der Waals surface area (Å²) >= 11 is 5.77. The van der Waals surface area contributed by atoms with E-state index >= 15 is 0 Å². The summed E-state index contributed by atoms with van der Waals surface area (Å²) in [6.07, 6.45) is 0. The number of methoxy groups -OCH3 is 1. The second-order valence-electron chi connectivity index (χ2n) is 3.10. The van der Waals surface area contributed by atoms with E-state index in [4.69, 9.17) is 21.4 Å². The van der Waals surface area contributed by atoms with Crippen molar-refractivity contribution in [3.8, 4) is 0 Å². The number of rotatable bonds is 5. The highest BCUT2D eigenvalue weighted by atomic mass is 35.5. The van der Waals surface area contributed by atoms with E-state index in [1.165, 1.54) is 0 Å². The van der Waals surface area contributed by atoms with Gasteiger partial charge in [0.1, 0.15) is 16.8 Å². The van der Waals surface area contributed by atoms with Crippen molar-refractivity contribution in [1.29, 1.82) is 0 Å². The van der Waals surface area contributed by atoms with E-state index in [1.807, 2.05) is 0 Å². The number of ether oxygens (including phenoxy) is 1. The predicted molar refractivity (Wildman–Crippen MR) is 58.2 cm³/mol. The Kier molecular flexibility index (Phi) is 4.74. The van der Waals surface area contributed by atoms with Crippen LogP contribution in [0.1, 0.15) is 5.82 Å². The van der Waals surface area contributed by atoms with Crippen LogP contribution in [0.4, 0.5) is 5.82 Å². The van der Waals surface area contributed by atoms with Crippen LogP contribution >= 0.6 is 11.6 Å². The van der Waals surface area contributed by atoms with Crippen LogP contribution in [0.5, 0.6) is 0 Å². The molecule has 0 amide bonds. The number of aromatic nitrogens is 2. The lowest BCUT2D eigenvalue weighted by molar-refractivity contribution is 0.153. The van der Waals surface area contributed by atoms with Crippen molar-refractivity contribution in [2.24, 2.45) is 0 Å². The molecule has 1 unspecified atom stereocenters. The third kappa shape index (κ3) is 3.99. The van der Waals surface area contributed by atoms with E-state index < -0.39 is 0 Å². The standard InChI is InChI=1S/C9H14ClN3O2/c1-6-11-8(10)3-9(12-6)13-7(4-14)5-15-2/h3,7,14H,4-5H2,1-2H3,(H,11,12,13). The van der Waals surface area contributed by atoms with E-state index in [1.54, 1.807) is 20.1 Å². The molecule has 2 N–H and O–H groups in total. The van der Waals surface area contributed by atoms with Crippen molar-refractivity contribution in [3.05, 3.63) is 17.0 Å². The summed E-state index contributed by atoms with van der Waals surface area (Å²) in [5.41, 5.74) is 0. The van der Waals surface area contributed by atoms with Crippen LogP contribution < -0.4 is 5.32 Å². The quantitative estimate of drug-likeness (QED) is 0.736. The molecule has 1 aromatic heterocycles. The Morgan fingerprint density at radius 1 is 1.60 bits per heavy atom. The molecule has 1 heterocycles. The monoisotopic (exact) mass is 231 g/mol. The third-order valence-corrected chi connectivity index (χ3v) is 1.94. The molecule has 0 bridgehead atoms. The Morgan fingerprint density at radius 2 is 2.33 bits per heavy atom. The maximum atomic E-state index is 9.04. The van der Waals surface area contributed by atoms with Crippen molar-refractivity contribution in [3.63, 3.8) is 0 Å². The Balaban J connectivity index is 2.69. The molecule has 0 aliphatic rings. The second-order valence-corrected chi connectivity index (χ2v) is 3.49. The zero-order chi connectivity index (χ0) is 11.3. The van der Waals surface area contributed by atoms with E-state index in [9.17, 15) is 0 Å². The second kappa shape index (κ2) is 5.85. The maximum Gasteiger partial charge on any atom is 0.134 e. The summed E-state index contributed by atoms with van der Waals surface area (Å²) in [7, 11) is 1.57. The van der Waals surface area contributed by atoms with Crippen LogP contribution in [-0.2, 0) is 4.74 Å². The van der Waals surface area contributed by atoms with Crippen molar-refractivity contribution in [2.75, 3.05) is 25.6 Å². The SMILES string of the molecule is COCC(CO)Nc1cc(Cl)nc(C)n1.